The maximum Gasteiger partial charge on any atom is -0.0262 e. The van der Waals surface area contributed by atoms with Gasteiger partial charge in [-0.2, -0.15) is 0 Å². The lowest BCUT2D eigenvalue weighted by Crippen LogP contribution is -1.86. The SMILES string of the molecule is C=C(C=CC=CC)CC(C)C. The molecule has 0 nitrogen and oxygen atoms in total. The Labute approximate surface area is 70.3 Å². The first kappa shape index (κ1) is 10.2. The van der Waals surface area contributed by atoms with Crippen LogP contribution < -0.4 is 0 Å². The first-order valence-electron chi connectivity index (χ1n) is 4.14. The summed E-state index contributed by atoms with van der Waals surface area (Å²) >= 11 is 0. The van der Waals surface area contributed by atoms with Gasteiger partial charge in [-0.1, -0.05) is 50.3 Å². The molecule has 0 saturated heterocycles. The van der Waals surface area contributed by atoms with Crippen LogP contribution in [-0.2, 0) is 0 Å². The van der Waals surface area contributed by atoms with E-state index < -0.39 is 0 Å². The number of hydrogen-bond acceptors (Lipinski definition) is 0. The van der Waals surface area contributed by atoms with Gasteiger partial charge in [0.05, 0.1) is 0 Å². The number of hydrogen-bond donors (Lipinski definition) is 0. The van der Waals surface area contributed by atoms with Crippen molar-refractivity contribution in [3.8, 4) is 0 Å². The van der Waals surface area contributed by atoms with Crippen molar-refractivity contribution in [3.05, 3.63) is 36.5 Å². The lowest BCUT2D eigenvalue weighted by atomic mass is 10.0. The second-order valence-electron chi connectivity index (χ2n) is 3.14. The lowest BCUT2D eigenvalue weighted by molar-refractivity contribution is 0.651. The summed E-state index contributed by atoms with van der Waals surface area (Å²) in [7, 11) is 0. The molecule has 62 valence electrons. The zero-order chi connectivity index (χ0) is 8.69. The van der Waals surface area contributed by atoms with E-state index in [-0.39, 0.29) is 0 Å². The molecule has 0 heteroatoms. The Kier molecular flexibility index (Phi) is 5.54. The van der Waals surface area contributed by atoms with E-state index in [0.29, 0.717) is 5.92 Å². The fourth-order valence-corrected chi connectivity index (χ4v) is 0.895. The Morgan fingerprint density at radius 2 is 2.00 bits per heavy atom. The van der Waals surface area contributed by atoms with Gasteiger partial charge in [-0.15, -0.1) is 0 Å². The average molecular weight is 150 g/mol. The van der Waals surface area contributed by atoms with E-state index in [0.717, 1.165) is 6.42 Å². The molecule has 0 amide bonds. The predicted molar refractivity (Wildman–Crippen MR) is 52.5 cm³/mol. The highest BCUT2D eigenvalue weighted by Crippen LogP contribution is 2.09. The van der Waals surface area contributed by atoms with Crippen molar-refractivity contribution >= 4 is 0 Å². The molecule has 0 aliphatic carbocycles. The smallest absolute Gasteiger partial charge is 0.0262 e. The second kappa shape index (κ2) is 5.96. The van der Waals surface area contributed by atoms with Gasteiger partial charge in [0.25, 0.3) is 0 Å². The van der Waals surface area contributed by atoms with E-state index in [1.54, 1.807) is 0 Å². The quantitative estimate of drug-likeness (QED) is 0.536. The third-order valence-corrected chi connectivity index (χ3v) is 1.31. The van der Waals surface area contributed by atoms with E-state index in [1.165, 1.54) is 5.57 Å². The topological polar surface area (TPSA) is 0 Å². The van der Waals surface area contributed by atoms with Crippen molar-refractivity contribution < 1.29 is 0 Å². The average Bonchev–Trinajstić information content (AvgIpc) is 1.86. The molecule has 0 unspecified atom stereocenters. The number of allylic oxidation sites excluding steroid dienone is 5. The molecule has 0 aromatic rings. The second-order valence-corrected chi connectivity index (χ2v) is 3.14. The largest absolute Gasteiger partial charge is 0.0958 e. The van der Waals surface area contributed by atoms with E-state index in [1.807, 2.05) is 25.2 Å². The van der Waals surface area contributed by atoms with Crippen molar-refractivity contribution in [1.29, 1.82) is 0 Å². The van der Waals surface area contributed by atoms with Gasteiger partial charge in [0, 0.05) is 0 Å². The summed E-state index contributed by atoms with van der Waals surface area (Å²) in [5.41, 5.74) is 1.21. The Morgan fingerprint density at radius 1 is 1.36 bits per heavy atom. The van der Waals surface area contributed by atoms with Crippen LogP contribution in [0.3, 0.4) is 0 Å². The van der Waals surface area contributed by atoms with Gasteiger partial charge in [0.2, 0.25) is 0 Å². The zero-order valence-electron chi connectivity index (χ0n) is 7.80. The minimum Gasteiger partial charge on any atom is -0.0958 e. The normalized spacial score (nSPS) is 12.0. The molecule has 0 radical (unpaired) electrons. The standard InChI is InChI=1S/C11H18/c1-5-6-7-8-11(4)9-10(2)3/h5-8,10H,4,9H2,1-3H3. The minimum atomic E-state index is 0.706. The van der Waals surface area contributed by atoms with Crippen LogP contribution in [0, 0.1) is 5.92 Å². The maximum atomic E-state index is 3.95. The first-order valence-corrected chi connectivity index (χ1v) is 4.14. The first-order chi connectivity index (χ1) is 5.16. The van der Waals surface area contributed by atoms with Gasteiger partial charge >= 0.3 is 0 Å². The van der Waals surface area contributed by atoms with Crippen molar-refractivity contribution in [2.24, 2.45) is 5.92 Å². The molecule has 0 aromatic heterocycles. The highest BCUT2D eigenvalue weighted by Gasteiger charge is 1.93. The Hall–Kier alpha value is -0.780. The van der Waals surface area contributed by atoms with Crippen LogP contribution in [0.5, 0.6) is 0 Å². The summed E-state index contributed by atoms with van der Waals surface area (Å²) in [5.74, 6) is 0.706. The predicted octanol–water partition coefficient (Wildman–Crippen LogP) is 3.72. The maximum absolute atomic E-state index is 3.95. The molecule has 0 aliphatic rings. The molecular weight excluding hydrogens is 132 g/mol. The van der Waals surface area contributed by atoms with Gasteiger partial charge in [0.15, 0.2) is 0 Å². The Bertz CT molecular complexity index is 159. The highest BCUT2D eigenvalue weighted by molar-refractivity contribution is 5.18. The molecule has 0 bridgehead atoms. The van der Waals surface area contributed by atoms with Crippen molar-refractivity contribution in [2.75, 3.05) is 0 Å². The van der Waals surface area contributed by atoms with Crippen LogP contribution >= 0.6 is 0 Å². The molecule has 11 heavy (non-hydrogen) atoms. The van der Waals surface area contributed by atoms with Gasteiger partial charge in [-0.05, 0) is 19.3 Å². The molecule has 0 atom stereocenters. The number of rotatable bonds is 4. The molecule has 0 aliphatic heterocycles. The third kappa shape index (κ3) is 7.11. The summed E-state index contributed by atoms with van der Waals surface area (Å²) in [6, 6.07) is 0. The van der Waals surface area contributed by atoms with Crippen LogP contribution in [0.2, 0.25) is 0 Å². The van der Waals surface area contributed by atoms with E-state index in [9.17, 15) is 0 Å². The van der Waals surface area contributed by atoms with E-state index >= 15 is 0 Å². The Morgan fingerprint density at radius 3 is 2.45 bits per heavy atom. The molecule has 0 saturated carbocycles. The minimum absolute atomic E-state index is 0.706. The molecule has 0 aromatic carbocycles. The zero-order valence-corrected chi connectivity index (χ0v) is 7.80. The summed E-state index contributed by atoms with van der Waals surface area (Å²) in [5, 5.41) is 0. The van der Waals surface area contributed by atoms with E-state index in [2.05, 4.69) is 26.5 Å². The van der Waals surface area contributed by atoms with Crippen molar-refractivity contribution in [2.45, 2.75) is 27.2 Å². The molecular formula is C11H18. The van der Waals surface area contributed by atoms with Crippen LogP contribution in [0.15, 0.2) is 36.5 Å². The molecule has 0 heterocycles. The van der Waals surface area contributed by atoms with Crippen LogP contribution in [0.1, 0.15) is 27.2 Å². The molecule has 0 rings (SSSR count). The molecule has 0 N–H and O–H groups in total. The monoisotopic (exact) mass is 150 g/mol. The van der Waals surface area contributed by atoms with Crippen LogP contribution in [-0.4, -0.2) is 0 Å². The lowest BCUT2D eigenvalue weighted by Gasteiger charge is -2.01. The summed E-state index contributed by atoms with van der Waals surface area (Å²) in [6.45, 7) is 10.4. The van der Waals surface area contributed by atoms with Crippen LogP contribution in [0.4, 0.5) is 0 Å². The summed E-state index contributed by atoms with van der Waals surface area (Å²) in [6.07, 6.45) is 9.23. The summed E-state index contributed by atoms with van der Waals surface area (Å²) in [4.78, 5) is 0. The third-order valence-electron chi connectivity index (χ3n) is 1.31. The van der Waals surface area contributed by atoms with Gasteiger partial charge in [-0.3, -0.25) is 0 Å². The molecule has 0 fully saturated rings. The van der Waals surface area contributed by atoms with Gasteiger partial charge in [0.1, 0.15) is 0 Å². The molecule has 0 spiro atoms. The summed E-state index contributed by atoms with van der Waals surface area (Å²) < 4.78 is 0. The van der Waals surface area contributed by atoms with Gasteiger partial charge in [-0.25, -0.2) is 0 Å². The van der Waals surface area contributed by atoms with Gasteiger partial charge < -0.3 is 0 Å². The Balaban J connectivity index is 3.69. The van der Waals surface area contributed by atoms with Crippen molar-refractivity contribution in [1.82, 2.24) is 0 Å². The van der Waals surface area contributed by atoms with E-state index in [4.69, 9.17) is 0 Å². The van der Waals surface area contributed by atoms with Crippen LogP contribution in [0.25, 0.3) is 0 Å². The fraction of sp³-hybridized carbons (Fsp3) is 0.455. The van der Waals surface area contributed by atoms with Crippen molar-refractivity contribution in [3.63, 3.8) is 0 Å². The fourth-order valence-electron chi connectivity index (χ4n) is 0.895. The highest BCUT2D eigenvalue weighted by atomic mass is 14.0.